The van der Waals surface area contributed by atoms with E-state index in [4.69, 9.17) is 9.15 Å². The number of hydrogen-bond donors (Lipinski definition) is 1. The van der Waals surface area contributed by atoms with E-state index in [0.29, 0.717) is 18.6 Å². The molecule has 4 rings (SSSR count). The molecule has 0 spiro atoms. The third-order valence-corrected chi connectivity index (χ3v) is 7.48. The highest BCUT2D eigenvalue weighted by Gasteiger charge is 2.31. The van der Waals surface area contributed by atoms with E-state index in [-0.39, 0.29) is 17.6 Å². The van der Waals surface area contributed by atoms with Gasteiger partial charge in [0, 0.05) is 6.42 Å². The molecule has 174 valence electrons. The van der Waals surface area contributed by atoms with E-state index in [1.165, 1.54) is 27.8 Å². The second-order valence-electron chi connectivity index (χ2n) is 9.57. The van der Waals surface area contributed by atoms with Crippen molar-refractivity contribution >= 4 is 17.2 Å². The first-order chi connectivity index (χ1) is 15.7. The van der Waals surface area contributed by atoms with Crippen molar-refractivity contribution in [2.24, 2.45) is 0 Å². The van der Waals surface area contributed by atoms with Crippen LogP contribution in [0.3, 0.4) is 0 Å². The minimum atomic E-state index is -0.204. The van der Waals surface area contributed by atoms with E-state index >= 15 is 0 Å². The van der Waals surface area contributed by atoms with Gasteiger partial charge in [-0.3, -0.25) is 4.79 Å². The van der Waals surface area contributed by atoms with Crippen LogP contribution in [-0.2, 0) is 12.8 Å². The molecule has 0 saturated carbocycles. The Morgan fingerprint density at radius 2 is 2.00 bits per heavy atom. The van der Waals surface area contributed by atoms with Crippen molar-refractivity contribution in [1.29, 1.82) is 0 Å². The quantitative estimate of drug-likeness (QED) is 0.384. The first-order valence-corrected chi connectivity index (χ1v) is 12.5. The summed E-state index contributed by atoms with van der Waals surface area (Å²) in [6.45, 7) is 14.6. The fourth-order valence-electron chi connectivity index (χ4n) is 4.63. The molecule has 1 aliphatic heterocycles. The van der Waals surface area contributed by atoms with Gasteiger partial charge in [-0.2, -0.15) is 11.3 Å². The van der Waals surface area contributed by atoms with Gasteiger partial charge in [0.1, 0.15) is 17.1 Å². The Morgan fingerprint density at radius 1 is 1.21 bits per heavy atom. The highest BCUT2D eigenvalue weighted by atomic mass is 32.1. The molecule has 33 heavy (non-hydrogen) atoms. The lowest BCUT2D eigenvalue weighted by Gasteiger charge is -2.35. The molecule has 0 fully saturated rings. The molecule has 1 N–H and O–H groups in total. The van der Waals surface area contributed by atoms with Crippen LogP contribution in [0, 0.1) is 20.8 Å². The SMILES string of the molecule is C=CCC(NC(=O)c1ccc(Cc2c(C)c(C)c3c(c2C)CCC(C)(C)O3)o1)c1ccsc1. The van der Waals surface area contributed by atoms with Gasteiger partial charge in [-0.1, -0.05) is 6.08 Å². The maximum atomic E-state index is 12.9. The zero-order valence-electron chi connectivity index (χ0n) is 20.2. The number of furan rings is 1. The summed E-state index contributed by atoms with van der Waals surface area (Å²) >= 11 is 1.62. The summed E-state index contributed by atoms with van der Waals surface area (Å²) in [5.41, 5.74) is 7.23. The Hall–Kier alpha value is -2.79. The number of nitrogens with one attached hydrogen (secondary N) is 1. The van der Waals surface area contributed by atoms with Gasteiger partial charge >= 0.3 is 0 Å². The lowest BCUT2D eigenvalue weighted by molar-refractivity contribution is 0.0833. The predicted molar refractivity (Wildman–Crippen MR) is 135 cm³/mol. The minimum absolute atomic E-state index is 0.105. The molecule has 0 bridgehead atoms. The number of hydrogen-bond acceptors (Lipinski definition) is 4. The largest absolute Gasteiger partial charge is 0.487 e. The number of amides is 1. The van der Waals surface area contributed by atoms with E-state index in [1.807, 2.05) is 23.6 Å². The van der Waals surface area contributed by atoms with Gasteiger partial charge in [-0.05, 0) is 116 Å². The number of carbonyl (C=O) groups excluding carboxylic acids is 1. The van der Waals surface area contributed by atoms with Crippen molar-refractivity contribution in [3.05, 3.63) is 86.5 Å². The summed E-state index contributed by atoms with van der Waals surface area (Å²) in [6, 6.07) is 5.61. The summed E-state index contributed by atoms with van der Waals surface area (Å²) in [4.78, 5) is 12.9. The van der Waals surface area contributed by atoms with Crippen LogP contribution in [0.4, 0.5) is 0 Å². The fraction of sp³-hybridized carbons (Fsp3) is 0.393. The van der Waals surface area contributed by atoms with Gasteiger partial charge in [0.2, 0.25) is 0 Å². The molecular weight excluding hydrogens is 430 g/mol. The average molecular weight is 464 g/mol. The molecule has 1 atom stereocenters. The number of benzene rings is 1. The maximum Gasteiger partial charge on any atom is 0.287 e. The zero-order valence-corrected chi connectivity index (χ0v) is 21.0. The second-order valence-corrected chi connectivity index (χ2v) is 10.4. The number of carbonyl (C=O) groups is 1. The summed E-state index contributed by atoms with van der Waals surface area (Å²) in [7, 11) is 0. The summed E-state index contributed by atoms with van der Waals surface area (Å²) in [5, 5.41) is 7.15. The standard InChI is InChI=1S/C28H33NO3S/c1-7-8-24(20-12-14-33-16-20)29-27(30)25-10-9-21(31-25)15-23-17(2)18(3)26-22(19(23)4)11-13-28(5,6)32-26/h7,9-10,12,14,16,24H,1,8,11,13,15H2,2-6H3,(H,29,30). The fourth-order valence-corrected chi connectivity index (χ4v) is 5.35. The summed E-state index contributed by atoms with van der Waals surface area (Å²) in [5.74, 6) is 1.97. The molecule has 3 aromatic rings. The molecule has 0 radical (unpaired) electrons. The minimum Gasteiger partial charge on any atom is -0.487 e. The Labute approximate surface area is 200 Å². The third kappa shape index (κ3) is 4.79. The Morgan fingerprint density at radius 3 is 2.70 bits per heavy atom. The highest BCUT2D eigenvalue weighted by molar-refractivity contribution is 7.08. The molecule has 0 saturated heterocycles. The van der Waals surface area contributed by atoms with Crippen LogP contribution in [0.5, 0.6) is 5.75 Å². The van der Waals surface area contributed by atoms with Crippen molar-refractivity contribution in [3.8, 4) is 5.75 Å². The molecule has 2 aromatic heterocycles. The molecule has 4 nitrogen and oxygen atoms in total. The average Bonchev–Trinajstić information content (AvgIpc) is 3.46. The van der Waals surface area contributed by atoms with Crippen LogP contribution < -0.4 is 10.1 Å². The van der Waals surface area contributed by atoms with E-state index in [2.05, 4.69) is 51.9 Å². The monoisotopic (exact) mass is 463 g/mol. The highest BCUT2D eigenvalue weighted by Crippen LogP contribution is 2.41. The van der Waals surface area contributed by atoms with Gasteiger partial charge in [0.25, 0.3) is 5.91 Å². The van der Waals surface area contributed by atoms with E-state index in [1.54, 1.807) is 17.4 Å². The number of fused-ring (bicyclic) bond motifs is 1. The van der Waals surface area contributed by atoms with Crippen molar-refractivity contribution in [1.82, 2.24) is 5.32 Å². The van der Waals surface area contributed by atoms with E-state index < -0.39 is 0 Å². The van der Waals surface area contributed by atoms with Crippen LogP contribution >= 0.6 is 11.3 Å². The Bertz CT molecular complexity index is 1170. The molecule has 3 heterocycles. The normalized spacial score (nSPS) is 15.4. The van der Waals surface area contributed by atoms with Crippen LogP contribution in [0.1, 0.15) is 82.4 Å². The number of rotatable bonds is 7. The van der Waals surface area contributed by atoms with Gasteiger partial charge in [0.05, 0.1) is 6.04 Å². The molecule has 1 unspecified atom stereocenters. The Kier molecular flexibility index (Phi) is 6.53. The summed E-state index contributed by atoms with van der Waals surface area (Å²) < 4.78 is 12.4. The second kappa shape index (κ2) is 9.22. The smallest absolute Gasteiger partial charge is 0.287 e. The number of thiophene rings is 1. The molecule has 5 heteroatoms. The first kappa shape index (κ1) is 23.4. The van der Waals surface area contributed by atoms with Crippen molar-refractivity contribution in [3.63, 3.8) is 0 Å². The summed E-state index contributed by atoms with van der Waals surface area (Å²) in [6.07, 6.45) is 5.17. The van der Waals surface area contributed by atoms with Crippen LogP contribution in [0.15, 0.2) is 46.0 Å². The van der Waals surface area contributed by atoms with Crippen LogP contribution in [0.25, 0.3) is 0 Å². The molecule has 1 aliphatic rings. The van der Waals surface area contributed by atoms with Gasteiger partial charge in [-0.25, -0.2) is 0 Å². The van der Waals surface area contributed by atoms with Crippen molar-refractivity contribution in [2.45, 2.75) is 71.9 Å². The van der Waals surface area contributed by atoms with E-state index in [0.717, 1.165) is 29.9 Å². The van der Waals surface area contributed by atoms with Gasteiger partial charge in [0.15, 0.2) is 5.76 Å². The zero-order chi connectivity index (χ0) is 23.8. The predicted octanol–water partition coefficient (Wildman–Crippen LogP) is 7.01. The lowest BCUT2D eigenvalue weighted by Crippen LogP contribution is -2.33. The van der Waals surface area contributed by atoms with Crippen LogP contribution in [-0.4, -0.2) is 11.5 Å². The van der Waals surface area contributed by atoms with Gasteiger partial charge < -0.3 is 14.5 Å². The third-order valence-electron chi connectivity index (χ3n) is 6.78. The Balaban J connectivity index is 1.55. The molecular formula is C28H33NO3S. The lowest BCUT2D eigenvalue weighted by atomic mass is 9.84. The first-order valence-electron chi connectivity index (χ1n) is 11.5. The van der Waals surface area contributed by atoms with Gasteiger partial charge in [-0.15, -0.1) is 6.58 Å². The molecule has 0 aliphatic carbocycles. The maximum absolute atomic E-state index is 12.9. The topological polar surface area (TPSA) is 51.5 Å². The number of ether oxygens (including phenoxy) is 1. The van der Waals surface area contributed by atoms with Crippen molar-refractivity contribution < 1.29 is 13.9 Å². The molecule has 1 amide bonds. The van der Waals surface area contributed by atoms with E-state index in [9.17, 15) is 4.79 Å². The van der Waals surface area contributed by atoms with Crippen LogP contribution in [0.2, 0.25) is 0 Å². The molecule has 1 aromatic carbocycles. The van der Waals surface area contributed by atoms with Crippen molar-refractivity contribution in [2.75, 3.05) is 0 Å².